The molecule has 0 atom stereocenters. The standard InChI is InChI=1S/C13H11NO/c14-10-13(7-8-13)12-5-3-11(4-6-12)2-1-9-15/h3-6,15H,7-9H2. The lowest BCUT2D eigenvalue weighted by molar-refractivity contribution is 0.350. The average molecular weight is 197 g/mol. The summed E-state index contributed by atoms with van der Waals surface area (Å²) in [6.45, 7) is -0.121. The number of hydrogen-bond acceptors (Lipinski definition) is 2. The SMILES string of the molecule is N#CC1(c2ccc(C#CCO)cc2)CC1. The topological polar surface area (TPSA) is 44.0 Å². The third-order valence-corrected chi connectivity index (χ3v) is 2.71. The highest BCUT2D eigenvalue weighted by atomic mass is 16.2. The van der Waals surface area contributed by atoms with Gasteiger partial charge in [0.05, 0.1) is 11.5 Å². The summed E-state index contributed by atoms with van der Waals surface area (Å²) in [5, 5.41) is 17.6. The maximum absolute atomic E-state index is 9.01. The minimum atomic E-state index is -0.219. The molecule has 1 aromatic rings. The smallest absolute Gasteiger partial charge is 0.104 e. The van der Waals surface area contributed by atoms with Gasteiger partial charge in [-0.15, -0.1) is 0 Å². The zero-order chi connectivity index (χ0) is 10.7. The van der Waals surface area contributed by atoms with Gasteiger partial charge in [-0.2, -0.15) is 5.26 Å². The van der Waals surface area contributed by atoms with Gasteiger partial charge in [0.2, 0.25) is 0 Å². The molecule has 0 bridgehead atoms. The minimum absolute atomic E-state index is 0.121. The summed E-state index contributed by atoms with van der Waals surface area (Å²) < 4.78 is 0. The first-order valence-corrected chi connectivity index (χ1v) is 4.92. The second kappa shape index (κ2) is 3.77. The quantitative estimate of drug-likeness (QED) is 0.695. The summed E-state index contributed by atoms with van der Waals surface area (Å²) in [5.74, 6) is 5.42. The van der Waals surface area contributed by atoms with Crippen molar-refractivity contribution >= 4 is 0 Å². The molecule has 2 nitrogen and oxygen atoms in total. The molecular weight excluding hydrogens is 186 g/mol. The first-order valence-electron chi connectivity index (χ1n) is 4.92. The van der Waals surface area contributed by atoms with Crippen molar-refractivity contribution in [3.8, 4) is 17.9 Å². The molecule has 0 radical (unpaired) electrons. The summed E-state index contributed by atoms with van der Waals surface area (Å²) in [6.07, 6.45) is 1.93. The molecule has 0 heterocycles. The van der Waals surface area contributed by atoms with Gasteiger partial charge in [0.15, 0.2) is 0 Å². The van der Waals surface area contributed by atoms with Crippen molar-refractivity contribution in [1.82, 2.24) is 0 Å². The Bertz CT molecular complexity index is 452. The predicted molar refractivity (Wildman–Crippen MR) is 56.9 cm³/mol. The summed E-state index contributed by atoms with van der Waals surface area (Å²) >= 11 is 0. The molecule has 1 fully saturated rings. The number of aliphatic hydroxyl groups is 1. The fourth-order valence-electron chi connectivity index (χ4n) is 1.60. The van der Waals surface area contributed by atoms with Crippen LogP contribution in [0.4, 0.5) is 0 Å². The van der Waals surface area contributed by atoms with E-state index in [1.165, 1.54) is 0 Å². The average Bonchev–Trinajstić information content (AvgIpc) is 3.08. The third-order valence-electron chi connectivity index (χ3n) is 2.71. The zero-order valence-electron chi connectivity index (χ0n) is 8.33. The Morgan fingerprint density at radius 3 is 2.40 bits per heavy atom. The highest BCUT2D eigenvalue weighted by Crippen LogP contribution is 2.47. The Labute approximate surface area is 89.2 Å². The van der Waals surface area contributed by atoms with Crippen LogP contribution >= 0.6 is 0 Å². The van der Waals surface area contributed by atoms with Crippen LogP contribution in [0.5, 0.6) is 0 Å². The van der Waals surface area contributed by atoms with Crippen molar-refractivity contribution in [2.45, 2.75) is 18.3 Å². The van der Waals surface area contributed by atoms with Gasteiger partial charge in [-0.1, -0.05) is 24.0 Å². The van der Waals surface area contributed by atoms with Crippen molar-refractivity contribution < 1.29 is 5.11 Å². The Kier molecular flexibility index (Phi) is 2.46. The molecule has 0 aromatic heterocycles. The molecule has 0 spiro atoms. The molecule has 74 valence electrons. The molecule has 0 saturated heterocycles. The van der Waals surface area contributed by atoms with Crippen molar-refractivity contribution in [3.63, 3.8) is 0 Å². The van der Waals surface area contributed by atoms with E-state index in [1.807, 2.05) is 24.3 Å². The summed E-state index contributed by atoms with van der Waals surface area (Å²) in [4.78, 5) is 0. The predicted octanol–water partition coefficient (Wildman–Crippen LogP) is 1.59. The van der Waals surface area contributed by atoms with Gasteiger partial charge >= 0.3 is 0 Å². The number of benzene rings is 1. The third kappa shape index (κ3) is 1.86. The zero-order valence-corrected chi connectivity index (χ0v) is 8.33. The van der Waals surface area contributed by atoms with Crippen molar-refractivity contribution in [2.24, 2.45) is 0 Å². The number of rotatable bonds is 1. The normalized spacial score (nSPS) is 16.0. The van der Waals surface area contributed by atoms with Crippen molar-refractivity contribution in [3.05, 3.63) is 35.4 Å². The van der Waals surface area contributed by atoms with Gasteiger partial charge in [-0.05, 0) is 30.5 Å². The lowest BCUT2D eigenvalue weighted by Crippen LogP contribution is -2.01. The maximum Gasteiger partial charge on any atom is 0.104 e. The molecular formula is C13H11NO. The molecule has 15 heavy (non-hydrogen) atoms. The fourth-order valence-corrected chi connectivity index (χ4v) is 1.60. The molecule has 2 heteroatoms. The van der Waals surface area contributed by atoms with E-state index < -0.39 is 0 Å². The highest BCUT2D eigenvalue weighted by molar-refractivity contribution is 5.43. The number of aliphatic hydroxyl groups excluding tert-OH is 1. The Balaban J connectivity index is 2.22. The van der Waals surface area contributed by atoms with Crippen LogP contribution in [-0.4, -0.2) is 11.7 Å². The first kappa shape index (κ1) is 9.77. The van der Waals surface area contributed by atoms with Crippen LogP contribution in [0, 0.1) is 23.2 Å². The van der Waals surface area contributed by atoms with Gasteiger partial charge in [0.1, 0.15) is 6.61 Å². The van der Waals surface area contributed by atoms with E-state index in [0.29, 0.717) is 0 Å². The second-order valence-electron chi connectivity index (χ2n) is 3.73. The number of nitriles is 1. The highest BCUT2D eigenvalue weighted by Gasteiger charge is 2.44. The monoisotopic (exact) mass is 197 g/mol. The Morgan fingerprint density at radius 1 is 1.27 bits per heavy atom. The lowest BCUT2D eigenvalue weighted by atomic mass is 9.97. The fraction of sp³-hybridized carbons (Fsp3) is 0.308. The number of hydrogen-bond donors (Lipinski definition) is 1. The molecule has 2 rings (SSSR count). The van der Waals surface area contributed by atoms with E-state index in [4.69, 9.17) is 10.4 Å². The number of nitrogens with zero attached hydrogens (tertiary/aromatic N) is 1. The van der Waals surface area contributed by atoms with Crippen LogP contribution in [-0.2, 0) is 5.41 Å². The Hall–Kier alpha value is -1.77. The van der Waals surface area contributed by atoms with E-state index in [2.05, 4.69) is 17.9 Å². The van der Waals surface area contributed by atoms with E-state index in [9.17, 15) is 0 Å². The molecule has 1 aliphatic carbocycles. The first-order chi connectivity index (χ1) is 7.30. The lowest BCUT2D eigenvalue weighted by Gasteiger charge is -2.04. The molecule has 1 saturated carbocycles. The Morgan fingerprint density at radius 2 is 1.93 bits per heavy atom. The van der Waals surface area contributed by atoms with Gasteiger partial charge in [0.25, 0.3) is 0 Å². The van der Waals surface area contributed by atoms with Crippen LogP contribution in [0.2, 0.25) is 0 Å². The van der Waals surface area contributed by atoms with Gasteiger partial charge in [-0.25, -0.2) is 0 Å². The van der Waals surface area contributed by atoms with Crippen molar-refractivity contribution in [1.29, 1.82) is 5.26 Å². The van der Waals surface area contributed by atoms with E-state index in [-0.39, 0.29) is 12.0 Å². The second-order valence-corrected chi connectivity index (χ2v) is 3.73. The summed E-state index contributed by atoms with van der Waals surface area (Å²) in [6, 6.07) is 10.1. The van der Waals surface area contributed by atoms with Crippen molar-refractivity contribution in [2.75, 3.05) is 6.61 Å². The molecule has 1 N–H and O–H groups in total. The molecule has 0 aliphatic heterocycles. The summed E-state index contributed by atoms with van der Waals surface area (Å²) in [7, 11) is 0. The molecule has 0 amide bonds. The van der Waals surface area contributed by atoms with Crippen LogP contribution in [0.1, 0.15) is 24.0 Å². The van der Waals surface area contributed by atoms with Gasteiger partial charge < -0.3 is 5.11 Å². The largest absolute Gasteiger partial charge is 0.384 e. The summed E-state index contributed by atoms with van der Waals surface area (Å²) in [5.41, 5.74) is 1.74. The van der Waals surface area contributed by atoms with Gasteiger partial charge in [0, 0.05) is 5.56 Å². The molecule has 1 aromatic carbocycles. The molecule has 1 aliphatic rings. The van der Waals surface area contributed by atoms with E-state index in [0.717, 1.165) is 24.0 Å². The van der Waals surface area contributed by atoms with Gasteiger partial charge in [-0.3, -0.25) is 0 Å². The van der Waals surface area contributed by atoms with Crippen LogP contribution in [0.25, 0.3) is 0 Å². The van der Waals surface area contributed by atoms with Crippen LogP contribution in [0.3, 0.4) is 0 Å². The molecule has 0 unspecified atom stereocenters. The van der Waals surface area contributed by atoms with Crippen LogP contribution < -0.4 is 0 Å². The minimum Gasteiger partial charge on any atom is -0.384 e. The maximum atomic E-state index is 9.01. The van der Waals surface area contributed by atoms with Crippen LogP contribution in [0.15, 0.2) is 24.3 Å². The van der Waals surface area contributed by atoms with E-state index in [1.54, 1.807) is 0 Å². The van der Waals surface area contributed by atoms with E-state index >= 15 is 0 Å².